The van der Waals surface area contributed by atoms with Gasteiger partial charge in [0.25, 0.3) is 0 Å². The molecule has 0 bridgehead atoms. The van der Waals surface area contributed by atoms with Crippen molar-refractivity contribution in [2.24, 2.45) is 5.92 Å². The van der Waals surface area contributed by atoms with Gasteiger partial charge in [0, 0.05) is 47.7 Å². The van der Waals surface area contributed by atoms with Gasteiger partial charge < -0.3 is 14.8 Å². The minimum absolute atomic E-state index is 0.000238. The van der Waals surface area contributed by atoms with Gasteiger partial charge in [-0.15, -0.1) is 0 Å². The number of nitrogens with one attached hydrogen (secondary N) is 1. The Bertz CT molecular complexity index is 1290. The molecule has 1 N–H and O–H groups in total. The molecule has 33 heavy (non-hydrogen) atoms. The van der Waals surface area contributed by atoms with Crippen LogP contribution in [-0.4, -0.2) is 44.1 Å². The summed E-state index contributed by atoms with van der Waals surface area (Å²) in [6, 6.07) is 5.86. The Balaban J connectivity index is 1.33. The first-order chi connectivity index (χ1) is 15.8. The summed E-state index contributed by atoms with van der Waals surface area (Å²) in [4.78, 5) is 44.0. The van der Waals surface area contributed by atoms with E-state index in [1.54, 1.807) is 46.3 Å². The first-order valence-electron chi connectivity index (χ1n) is 10.8. The van der Waals surface area contributed by atoms with Crippen molar-refractivity contribution < 1.29 is 18.8 Å². The third-order valence-electron chi connectivity index (χ3n) is 6.55. The highest BCUT2D eigenvalue weighted by Gasteiger charge is 2.55. The Morgan fingerprint density at radius 3 is 2.85 bits per heavy atom. The molecule has 2 aliphatic rings. The average molecular weight is 469 g/mol. The van der Waals surface area contributed by atoms with Gasteiger partial charge >= 0.3 is 0 Å². The maximum Gasteiger partial charge on any atom is 0.243 e. The molecule has 7 nitrogen and oxygen atoms in total. The van der Waals surface area contributed by atoms with Crippen molar-refractivity contribution in [2.75, 3.05) is 0 Å². The van der Waals surface area contributed by atoms with Gasteiger partial charge in [0.1, 0.15) is 18.4 Å². The topological polar surface area (TPSA) is 84.3 Å². The lowest BCUT2D eigenvalue weighted by Crippen LogP contribution is -2.48. The molecule has 3 atom stereocenters. The third-order valence-corrected chi connectivity index (χ3v) is 6.84. The summed E-state index contributed by atoms with van der Waals surface area (Å²) in [5.74, 6) is -0.838. The fourth-order valence-corrected chi connectivity index (χ4v) is 5.01. The number of fused-ring (bicyclic) bond motifs is 2. The van der Waals surface area contributed by atoms with E-state index in [9.17, 15) is 18.8 Å². The van der Waals surface area contributed by atoms with Crippen LogP contribution in [0.3, 0.4) is 0 Å². The molecule has 1 aromatic carbocycles. The number of hydrogen-bond donors (Lipinski definition) is 1. The number of nitrogens with zero attached hydrogens (tertiary/aromatic N) is 3. The van der Waals surface area contributed by atoms with Crippen molar-refractivity contribution in [2.45, 2.75) is 44.9 Å². The van der Waals surface area contributed by atoms with E-state index in [4.69, 9.17) is 11.6 Å². The third kappa shape index (κ3) is 3.88. The minimum Gasteiger partial charge on any atom is -0.350 e. The van der Waals surface area contributed by atoms with E-state index in [1.807, 2.05) is 0 Å². The number of aromatic nitrogens is 2. The fourth-order valence-electron chi connectivity index (χ4n) is 4.81. The molecule has 1 aliphatic carbocycles. The van der Waals surface area contributed by atoms with E-state index in [1.165, 1.54) is 13.0 Å². The standard InChI is InChI=1S/C24H22ClFN4O3/c1-13(31)17-11-29(19-5-6-27-10-16(17)19)12-22(32)30-20-7-15(20)8-21(30)24(33)28-9-14-3-2-4-18(25)23(14)26/h2-6,10-11,15,20-21H,7-9,12H2,1H3,(H,28,33)/t15-,20-,21+/m1/s1. The Morgan fingerprint density at radius 2 is 2.06 bits per heavy atom. The summed E-state index contributed by atoms with van der Waals surface area (Å²) in [5.41, 5.74) is 1.54. The number of hydrogen-bond acceptors (Lipinski definition) is 4. The second kappa shape index (κ2) is 8.26. The highest BCUT2D eigenvalue weighted by molar-refractivity contribution is 6.30. The quantitative estimate of drug-likeness (QED) is 0.562. The molecular formula is C24H22ClFN4O3. The van der Waals surface area contributed by atoms with Crippen molar-refractivity contribution in [3.63, 3.8) is 0 Å². The average Bonchev–Trinajstić information content (AvgIpc) is 3.30. The number of ketones is 1. The highest BCUT2D eigenvalue weighted by Crippen LogP contribution is 2.48. The number of carbonyl (C=O) groups excluding carboxylic acids is 3. The number of likely N-dealkylation sites (tertiary alicyclic amines) is 1. The summed E-state index contributed by atoms with van der Waals surface area (Å²) >= 11 is 5.82. The monoisotopic (exact) mass is 468 g/mol. The Labute approximate surface area is 194 Å². The maximum absolute atomic E-state index is 14.2. The van der Waals surface area contributed by atoms with E-state index >= 15 is 0 Å². The predicted molar refractivity (Wildman–Crippen MR) is 120 cm³/mol. The van der Waals surface area contributed by atoms with Crippen LogP contribution < -0.4 is 5.32 Å². The fraction of sp³-hybridized carbons (Fsp3) is 0.333. The van der Waals surface area contributed by atoms with Gasteiger partial charge in [-0.2, -0.15) is 0 Å². The van der Waals surface area contributed by atoms with Crippen LogP contribution in [0.2, 0.25) is 5.02 Å². The first-order valence-corrected chi connectivity index (χ1v) is 11.2. The minimum atomic E-state index is -0.598. The molecular weight excluding hydrogens is 447 g/mol. The number of carbonyl (C=O) groups is 3. The lowest BCUT2D eigenvalue weighted by atomic mass is 10.1. The van der Waals surface area contributed by atoms with Crippen molar-refractivity contribution in [3.05, 3.63) is 64.8 Å². The van der Waals surface area contributed by atoms with Crippen LogP contribution >= 0.6 is 11.6 Å². The molecule has 0 unspecified atom stereocenters. The van der Waals surface area contributed by atoms with Crippen LogP contribution in [0.1, 0.15) is 35.7 Å². The molecule has 170 valence electrons. The largest absolute Gasteiger partial charge is 0.350 e. The molecule has 9 heteroatoms. The van der Waals surface area contributed by atoms with Gasteiger partial charge in [-0.25, -0.2) is 4.39 Å². The molecule has 2 amide bonds. The van der Waals surface area contributed by atoms with Crippen LogP contribution in [0.25, 0.3) is 10.9 Å². The number of Topliss-reactive ketones (excluding diaryl/α,β-unsaturated/α-hetero) is 1. The van der Waals surface area contributed by atoms with Crippen LogP contribution in [0.4, 0.5) is 4.39 Å². The van der Waals surface area contributed by atoms with Gasteiger partial charge in [0.15, 0.2) is 5.78 Å². The number of halogens is 2. The molecule has 1 saturated heterocycles. The van der Waals surface area contributed by atoms with E-state index in [2.05, 4.69) is 10.3 Å². The van der Waals surface area contributed by atoms with Gasteiger partial charge in [0.2, 0.25) is 11.8 Å². The second-order valence-electron chi connectivity index (χ2n) is 8.67. The van der Waals surface area contributed by atoms with Crippen molar-refractivity contribution in [1.82, 2.24) is 19.8 Å². The summed E-state index contributed by atoms with van der Waals surface area (Å²) in [7, 11) is 0. The maximum atomic E-state index is 14.2. The van der Waals surface area contributed by atoms with Gasteiger partial charge in [-0.3, -0.25) is 19.4 Å². The van der Waals surface area contributed by atoms with Crippen molar-refractivity contribution in [1.29, 1.82) is 0 Å². The molecule has 0 radical (unpaired) electrons. The summed E-state index contributed by atoms with van der Waals surface area (Å²) in [6.45, 7) is 1.49. The lowest BCUT2D eigenvalue weighted by Gasteiger charge is -2.27. The van der Waals surface area contributed by atoms with E-state index in [0.717, 1.165) is 11.9 Å². The van der Waals surface area contributed by atoms with Crippen LogP contribution in [0.5, 0.6) is 0 Å². The zero-order chi connectivity index (χ0) is 23.3. The van der Waals surface area contributed by atoms with E-state index in [0.29, 0.717) is 28.9 Å². The molecule has 0 spiro atoms. The van der Waals surface area contributed by atoms with Crippen molar-refractivity contribution >= 4 is 40.1 Å². The van der Waals surface area contributed by atoms with E-state index in [-0.39, 0.29) is 41.8 Å². The first kappa shape index (κ1) is 21.6. The van der Waals surface area contributed by atoms with Crippen LogP contribution in [0, 0.1) is 11.7 Å². The number of pyridine rings is 1. The zero-order valence-electron chi connectivity index (χ0n) is 17.9. The van der Waals surface area contributed by atoms with Crippen LogP contribution in [-0.2, 0) is 22.7 Å². The van der Waals surface area contributed by atoms with Gasteiger partial charge in [0.05, 0.1) is 10.5 Å². The van der Waals surface area contributed by atoms with E-state index < -0.39 is 11.9 Å². The lowest BCUT2D eigenvalue weighted by molar-refractivity contribution is -0.140. The number of amides is 2. The summed E-state index contributed by atoms with van der Waals surface area (Å²) in [5, 5.41) is 3.45. The number of piperidine rings is 1. The number of rotatable bonds is 6. The SMILES string of the molecule is CC(=O)c1cn(CC(=O)N2[C@@H]3C[C@@H]3C[C@H]2C(=O)NCc2cccc(Cl)c2F)c2ccncc12. The predicted octanol–water partition coefficient (Wildman–Crippen LogP) is 3.34. The molecule has 1 aliphatic heterocycles. The molecule has 2 fully saturated rings. The zero-order valence-corrected chi connectivity index (χ0v) is 18.7. The van der Waals surface area contributed by atoms with Crippen molar-refractivity contribution in [3.8, 4) is 0 Å². The smallest absolute Gasteiger partial charge is 0.243 e. The molecule has 3 heterocycles. The Morgan fingerprint density at radius 1 is 1.24 bits per heavy atom. The molecule has 1 saturated carbocycles. The summed E-state index contributed by atoms with van der Waals surface area (Å²) < 4.78 is 15.9. The highest BCUT2D eigenvalue weighted by atomic mass is 35.5. The normalized spacial score (nSPS) is 21.2. The number of benzene rings is 1. The van der Waals surface area contributed by atoms with Gasteiger partial charge in [-0.1, -0.05) is 23.7 Å². The van der Waals surface area contributed by atoms with Crippen LogP contribution in [0.15, 0.2) is 42.9 Å². The molecule has 5 rings (SSSR count). The van der Waals surface area contributed by atoms with Gasteiger partial charge in [-0.05, 0) is 37.8 Å². The molecule has 2 aromatic heterocycles. The molecule has 3 aromatic rings. The Hall–Kier alpha value is -3.26. The summed E-state index contributed by atoms with van der Waals surface area (Å²) in [6.07, 6.45) is 6.38. The second-order valence-corrected chi connectivity index (χ2v) is 9.07. The Kier molecular flexibility index (Phi) is 5.40.